The number of carboxylic acids is 1. The molecule has 0 unspecified atom stereocenters. The number of amides is 1. The zero-order valence-corrected chi connectivity index (χ0v) is 15.7. The van der Waals surface area contributed by atoms with Crippen LogP contribution in [0.25, 0.3) is 0 Å². The van der Waals surface area contributed by atoms with Crippen LogP contribution in [0.3, 0.4) is 0 Å². The molecule has 9 heteroatoms. The number of hydrogen-bond acceptors (Lipinski definition) is 5. The van der Waals surface area contributed by atoms with Gasteiger partial charge in [0, 0.05) is 5.92 Å². The summed E-state index contributed by atoms with van der Waals surface area (Å²) in [4.78, 5) is 41.2. The van der Waals surface area contributed by atoms with Gasteiger partial charge in [0.25, 0.3) is 5.56 Å². The third kappa shape index (κ3) is 3.37. The Morgan fingerprint density at radius 1 is 1.38 bits per heavy atom. The van der Waals surface area contributed by atoms with Gasteiger partial charge in [0.1, 0.15) is 24.2 Å². The molecule has 1 aliphatic carbocycles. The van der Waals surface area contributed by atoms with Crippen LogP contribution < -0.4 is 15.6 Å². The van der Waals surface area contributed by atoms with Crippen LogP contribution in [-0.4, -0.2) is 33.1 Å². The van der Waals surface area contributed by atoms with Crippen LogP contribution in [0.5, 0.6) is 5.75 Å². The zero-order chi connectivity index (χ0) is 20.8. The molecule has 8 nitrogen and oxygen atoms in total. The summed E-state index contributed by atoms with van der Waals surface area (Å²) in [5, 5.41) is 12.0. The molecule has 2 aromatic rings. The summed E-state index contributed by atoms with van der Waals surface area (Å²) in [6, 6.07) is 4.92. The molecule has 1 amide bonds. The lowest BCUT2D eigenvalue weighted by Gasteiger charge is -2.17. The van der Waals surface area contributed by atoms with Gasteiger partial charge in [0.15, 0.2) is 11.6 Å². The Morgan fingerprint density at radius 2 is 2.10 bits per heavy atom. The Hall–Kier alpha value is -3.23. The molecule has 0 radical (unpaired) electrons. The summed E-state index contributed by atoms with van der Waals surface area (Å²) in [6.07, 6.45) is 2.62. The standard InChI is InChI=1S/C20H20FN3O5/c1-11-8-14(18(26)27)24-16(11)22-9-13(17(24)25)23-19(28)20(6-7-20)10-29-15-5-3-2-4-12(15)21/h2-5,9,11,14H,6-8,10H2,1H3,(H,23,28)(H,26,27)/t11-,14+/m1/s1. The van der Waals surface area contributed by atoms with Gasteiger partial charge in [-0.2, -0.15) is 0 Å². The van der Waals surface area contributed by atoms with Crippen molar-refractivity contribution >= 4 is 17.6 Å². The molecule has 1 aliphatic heterocycles. The van der Waals surface area contributed by atoms with E-state index in [2.05, 4.69) is 10.3 Å². The highest BCUT2D eigenvalue weighted by molar-refractivity contribution is 5.97. The summed E-state index contributed by atoms with van der Waals surface area (Å²) >= 11 is 0. The molecule has 4 rings (SSSR count). The Labute approximate surface area is 165 Å². The molecule has 0 saturated heterocycles. The molecule has 0 spiro atoms. The van der Waals surface area contributed by atoms with Crippen molar-refractivity contribution in [2.24, 2.45) is 5.41 Å². The summed E-state index contributed by atoms with van der Waals surface area (Å²) in [7, 11) is 0. The van der Waals surface area contributed by atoms with Gasteiger partial charge in [-0.3, -0.25) is 14.2 Å². The summed E-state index contributed by atoms with van der Waals surface area (Å²) in [5.41, 5.74) is -1.51. The molecule has 1 aromatic carbocycles. The Morgan fingerprint density at radius 3 is 2.76 bits per heavy atom. The molecule has 2 heterocycles. The number of nitrogens with one attached hydrogen (secondary N) is 1. The topological polar surface area (TPSA) is 111 Å². The minimum atomic E-state index is -1.11. The second-order valence-electron chi connectivity index (χ2n) is 7.65. The van der Waals surface area contributed by atoms with E-state index in [1.54, 1.807) is 19.1 Å². The number of rotatable bonds is 6. The predicted octanol–water partition coefficient (Wildman–Crippen LogP) is 2.31. The number of carboxylic acid groups (broad SMARTS) is 1. The maximum Gasteiger partial charge on any atom is 0.326 e. The number of ether oxygens (including phenoxy) is 1. The van der Waals surface area contributed by atoms with Crippen molar-refractivity contribution < 1.29 is 23.8 Å². The Bertz CT molecular complexity index is 1050. The third-order valence-corrected chi connectivity index (χ3v) is 5.56. The second-order valence-corrected chi connectivity index (χ2v) is 7.65. The molecule has 2 aliphatic rings. The SMILES string of the molecule is C[C@@H]1C[C@@H](C(=O)O)n2c1ncc(NC(=O)C1(COc3ccccc3F)CC1)c2=O. The van der Waals surface area contributed by atoms with Gasteiger partial charge in [0.05, 0.1) is 11.6 Å². The van der Waals surface area contributed by atoms with E-state index in [0.29, 0.717) is 18.7 Å². The Balaban J connectivity index is 1.52. The van der Waals surface area contributed by atoms with Crippen molar-refractivity contribution in [2.75, 3.05) is 11.9 Å². The van der Waals surface area contributed by atoms with Gasteiger partial charge in [-0.15, -0.1) is 0 Å². The van der Waals surface area contributed by atoms with Crippen LogP contribution in [0.4, 0.5) is 10.1 Å². The van der Waals surface area contributed by atoms with E-state index in [1.165, 1.54) is 18.3 Å². The van der Waals surface area contributed by atoms with Crippen LogP contribution in [0, 0.1) is 11.2 Å². The number of fused-ring (bicyclic) bond motifs is 1. The first-order valence-electron chi connectivity index (χ1n) is 9.35. The molecule has 1 saturated carbocycles. The van der Waals surface area contributed by atoms with Crippen LogP contribution >= 0.6 is 0 Å². The van der Waals surface area contributed by atoms with Crippen molar-refractivity contribution in [1.82, 2.24) is 9.55 Å². The van der Waals surface area contributed by atoms with E-state index in [0.717, 1.165) is 4.57 Å². The minimum absolute atomic E-state index is 0.0196. The molecule has 152 valence electrons. The fourth-order valence-corrected chi connectivity index (χ4v) is 3.61. The van der Waals surface area contributed by atoms with Crippen molar-refractivity contribution in [3.05, 3.63) is 52.5 Å². The number of benzene rings is 1. The molecule has 2 N–H and O–H groups in total. The average Bonchev–Trinajstić information content (AvgIpc) is 3.40. The van der Waals surface area contributed by atoms with Crippen molar-refractivity contribution in [2.45, 2.75) is 38.1 Å². The first-order valence-corrected chi connectivity index (χ1v) is 9.35. The Kier molecular flexibility index (Phi) is 4.60. The fourth-order valence-electron chi connectivity index (χ4n) is 3.61. The number of hydrogen-bond donors (Lipinski definition) is 2. The zero-order valence-electron chi connectivity index (χ0n) is 15.7. The van der Waals surface area contributed by atoms with E-state index >= 15 is 0 Å². The van der Waals surface area contributed by atoms with Crippen LogP contribution in [-0.2, 0) is 9.59 Å². The molecule has 0 bridgehead atoms. The number of carbonyl (C=O) groups excluding carboxylic acids is 1. The largest absolute Gasteiger partial charge is 0.489 e. The van der Waals surface area contributed by atoms with Crippen molar-refractivity contribution in [1.29, 1.82) is 0 Å². The number of nitrogens with zero attached hydrogens (tertiary/aromatic N) is 2. The summed E-state index contributed by atoms with van der Waals surface area (Å²) in [5.74, 6) is -1.77. The van der Waals surface area contributed by atoms with Gasteiger partial charge in [0.2, 0.25) is 5.91 Å². The number of carbonyl (C=O) groups is 2. The number of halogens is 1. The fraction of sp³-hybridized carbons (Fsp3) is 0.400. The van der Waals surface area contributed by atoms with Crippen LogP contribution in [0.1, 0.15) is 44.0 Å². The first-order chi connectivity index (χ1) is 13.8. The minimum Gasteiger partial charge on any atom is -0.489 e. The molecule has 29 heavy (non-hydrogen) atoms. The molecular weight excluding hydrogens is 381 g/mol. The van der Waals surface area contributed by atoms with E-state index < -0.39 is 34.7 Å². The van der Waals surface area contributed by atoms with Gasteiger partial charge in [-0.05, 0) is 31.4 Å². The van der Waals surface area contributed by atoms with E-state index in [1.807, 2.05) is 0 Å². The normalized spacial score (nSPS) is 21.3. The lowest BCUT2D eigenvalue weighted by atomic mass is 10.1. The van der Waals surface area contributed by atoms with Gasteiger partial charge in [-0.25, -0.2) is 14.2 Å². The smallest absolute Gasteiger partial charge is 0.326 e. The second kappa shape index (κ2) is 6.98. The number of aliphatic carboxylic acids is 1. The first kappa shape index (κ1) is 19.1. The van der Waals surface area contributed by atoms with Crippen molar-refractivity contribution in [3.8, 4) is 5.75 Å². The van der Waals surface area contributed by atoms with Crippen molar-refractivity contribution in [3.63, 3.8) is 0 Å². The number of anilines is 1. The third-order valence-electron chi connectivity index (χ3n) is 5.56. The van der Waals surface area contributed by atoms with E-state index in [4.69, 9.17) is 4.74 Å². The van der Waals surface area contributed by atoms with E-state index in [9.17, 15) is 23.9 Å². The quantitative estimate of drug-likeness (QED) is 0.769. The monoisotopic (exact) mass is 401 g/mol. The highest BCUT2D eigenvalue weighted by Crippen LogP contribution is 2.47. The average molecular weight is 401 g/mol. The lowest BCUT2D eigenvalue weighted by molar-refractivity contribution is -0.140. The lowest BCUT2D eigenvalue weighted by Crippen LogP contribution is -2.35. The highest BCUT2D eigenvalue weighted by Gasteiger charge is 2.51. The number of aromatic nitrogens is 2. The predicted molar refractivity (Wildman–Crippen MR) is 100 cm³/mol. The molecule has 2 atom stereocenters. The number of para-hydroxylation sites is 1. The maximum atomic E-state index is 13.7. The highest BCUT2D eigenvalue weighted by atomic mass is 19.1. The van der Waals surface area contributed by atoms with Gasteiger partial charge < -0.3 is 15.2 Å². The van der Waals surface area contributed by atoms with Gasteiger partial charge >= 0.3 is 5.97 Å². The molecular formula is C20H20FN3O5. The summed E-state index contributed by atoms with van der Waals surface area (Å²) in [6.45, 7) is 1.78. The summed E-state index contributed by atoms with van der Waals surface area (Å²) < 4.78 is 20.3. The van der Waals surface area contributed by atoms with E-state index in [-0.39, 0.29) is 30.4 Å². The maximum absolute atomic E-state index is 13.7. The van der Waals surface area contributed by atoms with Crippen LogP contribution in [0.2, 0.25) is 0 Å². The van der Waals surface area contributed by atoms with Crippen LogP contribution in [0.15, 0.2) is 35.3 Å². The molecule has 1 fully saturated rings. The molecule has 1 aromatic heterocycles. The van der Waals surface area contributed by atoms with Gasteiger partial charge in [-0.1, -0.05) is 19.1 Å².